The van der Waals surface area contributed by atoms with Gasteiger partial charge in [-0.2, -0.15) is 0 Å². The van der Waals surface area contributed by atoms with Crippen molar-refractivity contribution in [3.05, 3.63) is 35.3 Å². The molecule has 0 atom stereocenters. The molecule has 1 saturated carbocycles. The number of rotatable bonds is 5. The Hall–Kier alpha value is -1.89. The quantitative estimate of drug-likeness (QED) is 0.675. The molecule has 110 valence electrons. The van der Waals surface area contributed by atoms with E-state index in [0.717, 1.165) is 24.5 Å². The highest BCUT2D eigenvalue weighted by molar-refractivity contribution is 7.98. The Labute approximate surface area is 126 Å². The van der Waals surface area contributed by atoms with Crippen LogP contribution >= 0.6 is 11.8 Å². The van der Waals surface area contributed by atoms with Crippen LogP contribution in [-0.4, -0.2) is 30.6 Å². The molecule has 3 rings (SSSR count). The van der Waals surface area contributed by atoms with Gasteiger partial charge in [-0.15, -0.1) is 0 Å². The number of hydrogen-bond donors (Lipinski definition) is 1. The van der Waals surface area contributed by atoms with Crippen molar-refractivity contribution in [3.63, 3.8) is 0 Å². The monoisotopic (exact) mass is 304 g/mol. The zero-order chi connectivity index (χ0) is 15.0. The predicted molar refractivity (Wildman–Crippen MR) is 78.5 cm³/mol. The maximum Gasteiger partial charge on any atom is 0.340 e. The summed E-state index contributed by atoms with van der Waals surface area (Å²) in [6.07, 6.45) is 5.79. The van der Waals surface area contributed by atoms with Crippen LogP contribution < -0.4 is 0 Å². The fourth-order valence-electron chi connectivity index (χ4n) is 2.11. The second-order valence-corrected chi connectivity index (χ2v) is 6.13. The van der Waals surface area contributed by atoms with E-state index in [2.05, 4.69) is 15.0 Å². The van der Waals surface area contributed by atoms with Crippen LogP contribution in [-0.2, 0) is 12.8 Å². The number of hydrogen-bond acceptors (Lipinski definition) is 5. The maximum absolute atomic E-state index is 11.5. The Morgan fingerprint density at radius 2 is 2.24 bits per heavy atom. The minimum Gasteiger partial charge on any atom is -0.478 e. The molecule has 0 unspecified atom stereocenters. The van der Waals surface area contributed by atoms with Gasteiger partial charge in [-0.05, 0) is 19.8 Å². The molecule has 2 aromatic rings. The van der Waals surface area contributed by atoms with E-state index in [1.54, 1.807) is 13.1 Å². The van der Waals surface area contributed by atoms with Gasteiger partial charge in [0, 0.05) is 25.4 Å². The van der Waals surface area contributed by atoms with E-state index >= 15 is 0 Å². The Morgan fingerprint density at radius 1 is 1.48 bits per heavy atom. The van der Waals surface area contributed by atoms with Gasteiger partial charge < -0.3 is 9.67 Å². The van der Waals surface area contributed by atoms with Crippen LogP contribution in [0.3, 0.4) is 0 Å². The summed E-state index contributed by atoms with van der Waals surface area (Å²) in [4.78, 5) is 24.5. The van der Waals surface area contributed by atoms with E-state index in [9.17, 15) is 9.90 Å². The maximum atomic E-state index is 11.5. The molecule has 0 aliphatic heterocycles. The lowest BCUT2D eigenvalue weighted by molar-refractivity contribution is 0.0690. The number of carboxylic acids is 1. The number of aryl methyl sites for hydroxylation is 2. The Balaban J connectivity index is 1.91. The van der Waals surface area contributed by atoms with Gasteiger partial charge in [0.15, 0.2) is 0 Å². The highest BCUT2D eigenvalue weighted by Gasteiger charge is 2.29. The van der Waals surface area contributed by atoms with Crippen molar-refractivity contribution in [1.82, 2.24) is 19.5 Å². The molecule has 0 bridgehead atoms. The van der Waals surface area contributed by atoms with Gasteiger partial charge in [0.1, 0.15) is 22.2 Å². The van der Waals surface area contributed by atoms with Gasteiger partial charge in [-0.1, -0.05) is 11.8 Å². The first-order valence-corrected chi connectivity index (χ1v) is 7.75. The lowest BCUT2D eigenvalue weighted by Gasteiger charge is -2.10. The topological polar surface area (TPSA) is 80.9 Å². The largest absolute Gasteiger partial charge is 0.478 e. The van der Waals surface area contributed by atoms with Crippen molar-refractivity contribution in [3.8, 4) is 0 Å². The molecule has 2 aromatic heterocycles. The summed E-state index contributed by atoms with van der Waals surface area (Å²) in [6.45, 7) is 1.74. The van der Waals surface area contributed by atoms with Crippen molar-refractivity contribution in [2.45, 2.75) is 36.5 Å². The fourth-order valence-corrected chi connectivity index (χ4v) is 3.19. The number of aromatic nitrogens is 4. The molecule has 0 radical (unpaired) electrons. The lowest BCUT2D eigenvalue weighted by Crippen LogP contribution is -2.09. The second-order valence-electron chi connectivity index (χ2n) is 5.17. The second kappa shape index (κ2) is 5.48. The summed E-state index contributed by atoms with van der Waals surface area (Å²) in [5.41, 5.74) is 0.750. The van der Waals surface area contributed by atoms with Crippen LogP contribution in [0.25, 0.3) is 0 Å². The van der Waals surface area contributed by atoms with Crippen molar-refractivity contribution in [1.29, 1.82) is 0 Å². The average Bonchev–Trinajstić information content (AvgIpc) is 3.19. The third-order valence-corrected chi connectivity index (χ3v) is 4.46. The third kappa shape index (κ3) is 2.92. The smallest absolute Gasteiger partial charge is 0.340 e. The van der Waals surface area contributed by atoms with Crippen molar-refractivity contribution >= 4 is 17.7 Å². The van der Waals surface area contributed by atoms with Crippen LogP contribution in [0.1, 0.15) is 46.5 Å². The normalized spacial score (nSPS) is 14.4. The van der Waals surface area contributed by atoms with Crippen LogP contribution in [0, 0.1) is 6.92 Å². The molecule has 0 saturated heterocycles. The van der Waals surface area contributed by atoms with Crippen molar-refractivity contribution in [2.24, 2.45) is 7.05 Å². The predicted octanol–water partition coefficient (Wildman–Crippen LogP) is 2.39. The van der Waals surface area contributed by atoms with Crippen LogP contribution in [0.2, 0.25) is 0 Å². The minimum atomic E-state index is -0.975. The van der Waals surface area contributed by atoms with E-state index in [4.69, 9.17) is 0 Å². The van der Waals surface area contributed by atoms with Crippen LogP contribution in [0.5, 0.6) is 0 Å². The van der Waals surface area contributed by atoms with Gasteiger partial charge in [0.2, 0.25) is 0 Å². The van der Waals surface area contributed by atoms with Crippen molar-refractivity contribution in [2.75, 3.05) is 0 Å². The molecule has 1 N–H and O–H groups in total. The zero-order valence-corrected chi connectivity index (χ0v) is 12.7. The molecule has 21 heavy (non-hydrogen) atoms. The number of nitrogens with zero attached hydrogens (tertiary/aromatic N) is 4. The number of carboxylic acid groups (broad SMARTS) is 1. The van der Waals surface area contributed by atoms with E-state index in [-0.39, 0.29) is 5.56 Å². The van der Waals surface area contributed by atoms with Gasteiger partial charge >= 0.3 is 5.97 Å². The first kappa shape index (κ1) is 14.1. The summed E-state index contributed by atoms with van der Waals surface area (Å²) in [5, 5.41) is 9.93. The highest BCUT2D eigenvalue weighted by atomic mass is 32.2. The first-order chi connectivity index (χ1) is 10.1. The van der Waals surface area contributed by atoms with E-state index in [1.165, 1.54) is 11.8 Å². The summed E-state index contributed by atoms with van der Waals surface area (Å²) in [6, 6.07) is 0. The molecule has 0 aromatic carbocycles. The summed E-state index contributed by atoms with van der Waals surface area (Å²) in [5.74, 6) is 1.68. The van der Waals surface area contributed by atoms with Crippen LogP contribution in [0.4, 0.5) is 0 Å². The standard InChI is InChI=1S/C14H16N4O2S/c1-8-11(14(19)20)13(17-12(16-8)9-3-4-9)21-7-10-15-5-6-18(10)2/h5-6,9H,3-4,7H2,1-2H3,(H,19,20). The minimum absolute atomic E-state index is 0.207. The van der Waals surface area contributed by atoms with E-state index in [0.29, 0.717) is 22.4 Å². The third-order valence-electron chi connectivity index (χ3n) is 3.49. The van der Waals surface area contributed by atoms with E-state index < -0.39 is 5.97 Å². The van der Waals surface area contributed by atoms with Gasteiger partial charge in [0.05, 0.1) is 11.4 Å². The molecule has 0 spiro atoms. The Morgan fingerprint density at radius 3 is 2.81 bits per heavy atom. The average molecular weight is 304 g/mol. The number of carbonyl (C=O) groups is 1. The van der Waals surface area contributed by atoms with E-state index in [1.807, 2.05) is 17.8 Å². The van der Waals surface area contributed by atoms with Gasteiger partial charge in [-0.25, -0.2) is 19.7 Å². The number of imidazole rings is 1. The summed E-state index contributed by atoms with van der Waals surface area (Å²) >= 11 is 1.41. The van der Waals surface area contributed by atoms with Crippen LogP contribution in [0.15, 0.2) is 17.4 Å². The molecule has 0 amide bonds. The Bertz CT molecular complexity index is 694. The van der Waals surface area contributed by atoms with Gasteiger partial charge in [-0.3, -0.25) is 0 Å². The van der Waals surface area contributed by atoms with Crippen molar-refractivity contribution < 1.29 is 9.90 Å². The zero-order valence-electron chi connectivity index (χ0n) is 11.9. The molecule has 7 heteroatoms. The molecular formula is C14H16N4O2S. The summed E-state index contributed by atoms with van der Waals surface area (Å²) in [7, 11) is 1.92. The molecule has 1 fully saturated rings. The highest BCUT2D eigenvalue weighted by Crippen LogP contribution is 2.39. The first-order valence-electron chi connectivity index (χ1n) is 6.77. The molecule has 1 aliphatic carbocycles. The fraction of sp³-hybridized carbons (Fsp3) is 0.429. The SMILES string of the molecule is Cc1nc(C2CC2)nc(SCc2nccn2C)c1C(=O)O. The Kier molecular flexibility index (Phi) is 3.67. The molecular weight excluding hydrogens is 288 g/mol. The summed E-state index contributed by atoms with van der Waals surface area (Å²) < 4.78 is 1.92. The van der Waals surface area contributed by atoms with Gasteiger partial charge in [0.25, 0.3) is 0 Å². The number of aromatic carboxylic acids is 1. The molecule has 6 nitrogen and oxygen atoms in total. The number of thioether (sulfide) groups is 1. The molecule has 2 heterocycles. The lowest BCUT2D eigenvalue weighted by atomic mass is 10.2. The molecule has 1 aliphatic rings.